The third kappa shape index (κ3) is 4.58. The maximum absolute atomic E-state index is 10.7. The number of hydrogen-bond donors (Lipinski definition) is 0. The van der Waals surface area contributed by atoms with Gasteiger partial charge >= 0.3 is 0 Å². The SMILES string of the molecule is CCCOc1ccc(/C=C(\C#N)c2ccc([N+](=O)[O-])cc2)cc1OC. The van der Waals surface area contributed by atoms with Crippen LogP contribution in [0.15, 0.2) is 42.5 Å². The third-order valence-corrected chi connectivity index (χ3v) is 3.47. The van der Waals surface area contributed by atoms with E-state index in [1.165, 1.54) is 12.1 Å². The Morgan fingerprint density at radius 1 is 1.24 bits per heavy atom. The highest BCUT2D eigenvalue weighted by molar-refractivity contribution is 5.90. The molecule has 0 fully saturated rings. The highest BCUT2D eigenvalue weighted by Crippen LogP contribution is 2.30. The number of nitriles is 1. The van der Waals surface area contributed by atoms with E-state index in [0.717, 1.165) is 12.0 Å². The standard InChI is InChI=1S/C19H18N2O4/c1-3-10-25-18-9-4-14(12-19(18)24-2)11-16(13-20)15-5-7-17(8-6-15)21(22)23/h4-9,11-12H,3,10H2,1-2H3/b16-11+. The maximum Gasteiger partial charge on any atom is 0.269 e. The van der Waals surface area contributed by atoms with Crippen LogP contribution in [0.5, 0.6) is 11.5 Å². The molecule has 25 heavy (non-hydrogen) atoms. The molecule has 0 N–H and O–H groups in total. The lowest BCUT2D eigenvalue weighted by Crippen LogP contribution is -1.97. The number of non-ortho nitro benzene ring substituents is 1. The Kier molecular flexibility index (Phi) is 6.13. The zero-order valence-electron chi connectivity index (χ0n) is 14.1. The summed E-state index contributed by atoms with van der Waals surface area (Å²) in [7, 11) is 1.56. The van der Waals surface area contributed by atoms with Gasteiger partial charge in [-0.2, -0.15) is 5.26 Å². The molecule has 0 saturated carbocycles. The fourth-order valence-corrected chi connectivity index (χ4v) is 2.21. The molecule has 6 nitrogen and oxygen atoms in total. The summed E-state index contributed by atoms with van der Waals surface area (Å²) in [6.07, 6.45) is 2.59. The fraction of sp³-hybridized carbons (Fsp3) is 0.211. The van der Waals surface area contributed by atoms with Crippen molar-refractivity contribution in [3.8, 4) is 17.6 Å². The first kappa shape index (κ1) is 18.0. The average Bonchev–Trinajstić information content (AvgIpc) is 2.64. The maximum atomic E-state index is 10.7. The van der Waals surface area contributed by atoms with Crippen LogP contribution in [0.4, 0.5) is 5.69 Å². The molecule has 0 aromatic heterocycles. The first-order valence-corrected chi connectivity index (χ1v) is 7.76. The van der Waals surface area contributed by atoms with Crippen LogP contribution in [0.2, 0.25) is 0 Å². The van der Waals surface area contributed by atoms with E-state index >= 15 is 0 Å². The van der Waals surface area contributed by atoms with Crippen molar-refractivity contribution in [1.82, 2.24) is 0 Å². The largest absolute Gasteiger partial charge is 0.493 e. The van der Waals surface area contributed by atoms with Gasteiger partial charge < -0.3 is 9.47 Å². The number of methoxy groups -OCH3 is 1. The van der Waals surface area contributed by atoms with Crippen molar-refractivity contribution in [2.75, 3.05) is 13.7 Å². The van der Waals surface area contributed by atoms with E-state index in [1.807, 2.05) is 13.0 Å². The molecule has 0 heterocycles. The minimum absolute atomic E-state index is 0.0138. The van der Waals surface area contributed by atoms with Crippen molar-refractivity contribution < 1.29 is 14.4 Å². The summed E-state index contributed by atoms with van der Waals surface area (Å²) in [4.78, 5) is 10.2. The quantitative estimate of drug-likeness (QED) is 0.322. The number of rotatable bonds is 7. The molecular weight excluding hydrogens is 320 g/mol. The second kappa shape index (κ2) is 8.50. The van der Waals surface area contributed by atoms with Gasteiger partial charge in [-0.05, 0) is 47.9 Å². The Bertz CT molecular complexity index is 820. The second-order valence-electron chi connectivity index (χ2n) is 5.23. The smallest absolute Gasteiger partial charge is 0.269 e. The Morgan fingerprint density at radius 3 is 2.52 bits per heavy atom. The van der Waals surface area contributed by atoms with Crippen LogP contribution in [0.1, 0.15) is 24.5 Å². The number of hydrogen-bond acceptors (Lipinski definition) is 5. The van der Waals surface area contributed by atoms with Gasteiger partial charge in [0.2, 0.25) is 0 Å². The highest BCUT2D eigenvalue weighted by atomic mass is 16.6. The molecule has 0 bridgehead atoms. The zero-order chi connectivity index (χ0) is 18.2. The molecule has 0 atom stereocenters. The summed E-state index contributed by atoms with van der Waals surface area (Å²) in [6.45, 7) is 2.62. The van der Waals surface area contributed by atoms with Crippen LogP contribution < -0.4 is 9.47 Å². The van der Waals surface area contributed by atoms with Gasteiger partial charge in [-0.25, -0.2) is 0 Å². The lowest BCUT2D eigenvalue weighted by atomic mass is 10.0. The molecule has 0 amide bonds. The van der Waals surface area contributed by atoms with Gasteiger partial charge in [0.05, 0.1) is 30.3 Å². The molecule has 6 heteroatoms. The molecule has 128 valence electrons. The van der Waals surface area contributed by atoms with Crippen LogP contribution >= 0.6 is 0 Å². The minimum Gasteiger partial charge on any atom is -0.493 e. The van der Waals surface area contributed by atoms with Gasteiger partial charge in [0.25, 0.3) is 5.69 Å². The van der Waals surface area contributed by atoms with E-state index in [9.17, 15) is 15.4 Å². The predicted molar refractivity (Wildman–Crippen MR) is 95.4 cm³/mol. The van der Waals surface area contributed by atoms with Gasteiger partial charge in [0, 0.05) is 12.1 Å². The van der Waals surface area contributed by atoms with Crippen LogP contribution in [0, 0.1) is 21.4 Å². The van der Waals surface area contributed by atoms with Crippen molar-refractivity contribution in [3.05, 3.63) is 63.7 Å². The monoisotopic (exact) mass is 338 g/mol. The molecule has 0 unspecified atom stereocenters. The van der Waals surface area contributed by atoms with Gasteiger partial charge in [-0.1, -0.05) is 13.0 Å². The Labute approximate surface area is 146 Å². The van der Waals surface area contributed by atoms with Gasteiger partial charge in [-0.3, -0.25) is 10.1 Å². The topological polar surface area (TPSA) is 85.4 Å². The first-order valence-electron chi connectivity index (χ1n) is 7.76. The number of ether oxygens (including phenoxy) is 2. The zero-order valence-corrected chi connectivity index (χ0v) is 14.1. The van der Waals surface area contributed by atoms with Crippen molar-refractivity contribution in [2.24, 2.45) is 0 Å². The van der Waals surface area contributed by atoms with E-state index < -0.39 is 4.92 Å². The van der Waals surface area contributed by atoms with Crippen LogP contribution in [0.25, 0.3) is 11.6 Å². The van der Waals surface area contributed by atoms with E-state index in [1.54, 1.807) is 37.5 Å². The number of allylic oxidation sites excluding steroid dienone is 1. The molecule has 0 aliphatic rings. The second-order valence-corrected chi connectivity index (χ2v) is 5.23. The summed E-state index contributed by atoms with van der Waals surface area (Å²) in [6, 6.07) is 13.4. The van der Waals surface area contributed by atoms with E-state index in [0.29, 0.717) is 29.2 Å². The van der Waals surface area contributed by atoms with E-state index in [4.69, 9.17) is 9.47 Å². The van der Waals surface area contributed by atoms with Gasteiger partial charge in [0.1, 0.15) is 0 Å². The average molecular weight is 338 g/mol. The fourth-order valence-electron chi connectivity index (χ4n) is 2.21. The molecule has 2 rings (SSSR count). The van der Waals surface area contributed by atoms with Crippen molar-refractivity contribution in [1.29, 1.82) is 5.26 Å². The third-order valence-electron chi connectivity index (χ3n) is 3.47. The molecule has 0 spiro atoms. The molecule has 0 aliphatic heterocycles. The predicted octanol–water partition coefficient (Wildman–Crippen LogP) is 4.46. The summed E-state index contributed by atoms with van der Waals surface area (Å²) in [5, 5.41) is 20.1. The van der Waals surface area contributed by atoms with Crippen molar-refractivity contribution >= 4 is 17.3 Å². The van der Waals surface area contributed by atoms with E-state index in [-0.39, 0.29) is 5.69 Å². The number of nitrogens with zero attached hydrogens (tertiary/aromatic N) is 2. The lowest BCUT2D eigenvalue weighted by Gasteiger charge is -2.10. The summed E-state index contributed by atoms with van der Waals surface area (Å²) in [5.41, 5.74) is 1.77. The minimum atomic E-state index is -0.473. The molecular formula is C19H18N2O4. The molecule has 0 aliphatic carbocycles. The molecule has 0 saturated heterocycles. The molecule has 2 aromatic rings. The van der Waals surface area contributed by atoms with Gasteiger partial charge in [-0.15, -0.1) is 0 Å². The van der Waals surface area contributed by atoms with Crippen molar-refractivity contribution in [3.63, 3.8) is 0 Å². The molecule has 0 radical (unpaired) electrons. The van der Waals surface area contributed by atoms with Crippen molar-refractivity contribution in [2.45, 2.75) is 13.3 Å². The summed E-state index contributed by atoms with van der Waals surface area (Å²) < 4.78 is 10.9. The Hall–Kier alpha value is -3.33. The number of benzene rings is 2. The van der Waals surface area contributed by atoms with Crippen LogP contribution in [-0.4, -0.2) is 18.6 Å². The number of nitro benzene ring substituents is 1. The van der Waals surface area contributed by atoms with Crippen LogP contribution in [0.3, 0.4) is 0 Å². The number of nitro groups is 1. The Balaban J connectivity index is 2.32. The Morgan fingerprint density at radius 2 is 1.96 bits per heavy atom. The van der Waals surface area contributed by atoms with Crippen LogP contribution in [-0.2, 0) is 0 Å². The summed E-state index contributed by atoms with van der Waals surface area (Å²) in [5.74, 6) is 1.23. The molecule has 2 aromatic carbocycles. The highest BCUT2D eigenvalue weighted by Gasteiger charge is 2.09. The normalized spacial score (nSPS) is 10.8. The van der Waals surface area contributed by atoms with Gasteiger partial charge in [0.15, 0.2) is 11.5 Å². The lowest BCUT2D eigenvalue weighted by molar-refractivity contribution is -0.384. The summed E-state index contributed by atoms with van der Waals surface area (Å²) >= 11 is 0. The first-order chi connectivity index (χ1) is 12.1. The van der Waals surface area contributed by atoms with E-state index in [2.05, 4.69) is 6.07 Å².